The number of esters is 1. The Morgan fingerprint density at radius 3 is 2.61 bits per heavy atom. The number of hydrogen-bond acceptors (Lipinski definition) is 4. The van der Waals surface area contributed by atoms with Gasteiger partial charge in [-0.25, -0.2) is 9.18 Å². The van der Waals surface area contributed by atoms with E-state index in [1.54, 1.807) is 18.2 Å². The van der Waals surface area contributed by atoms with Crippen LogP contribution in [-0.4, -0.2) is 31.1 Å². The van der Waals surface area contributed by atoms with Gasteiger partial charge in [0.1, 0.15) is 6.10 Å². The third-order valence-electron chi connectivity index (χ3n) is 3.55. The van der Waals surface area contributed by atoms with Gasteiger partial charge in [0, 0.05) is 5.69 Å². The number of halogens is 1. The van der Waals surface area contributed by atoms with Crippen LogP contribution in [0.3, 0.4) is 0 Å². The maximum Gasteiger partial charge on any atom is 0.338 e. The van der Waals surface area contributed by atoms with Crippen LogP contribution < -0.4 is 10.6 Å². The molecule has 1 amide bonds. The maximum absolute atomic E-state index is 13.5. The standard InChI is InChI=1S/C17H21FN2O3/c1-11(2)15(18)16(21)20-13-5-3-4-12(10-13)17(22)23-14-6-8-19-9-7-14/h3-5,10,14,19H,6-9H2,1-2H3,(H,20,21). The number of amides is 1. The van der Waals surface area contributed by atoms with Crippen LogP contribution in [0.4, 0.5) is 10.1 Å². The van der Waals surface area contributed by atoms with Crippen molar-refractivity contribution >= 4 is 17.6 Å². The number of benzene rings is 1. The van der Waals surface area contributed by atoms with Gasteiger partial charge in [-0.2, -0.15) is 0 Å². The van der Waals surface area contributed by atoms with Crippen molar-refractivity contribution in [3.05, 3.63) is 41.2 Å². The van der Waals surface area contributed by atoms with Crippen LogP contribution in [0, 0.1) is 0 Å². The molecule has 0 aliphatic carbocycles. The zero-order valence-corrected chi connectivity index (χ0v) is 13.3. The number of hydrogen-bond donors (Lipinski definition) is 2. The molecule has 1 aliphatic heterocycles. The zero-order chi connectivity index (χ0) is 16.8. The van der Waals surface area contributed by atoms with Gasteiger partial charge in [-0.15, -0.1) is 0 Å². The van der Waals surface area contributed by atoms with Crippen LogP contribution in [0.1, 0.15) is 37.0 Å². The number of nitrogens with one attached hydrogen (secondary N) is 2. The molecular formula is C17H21FN2O3. The Morgan fingerprint density at radius 2 is 1.96 bits per heavy atom. The first kappa shape index (κ1) is 17.1. The summed E-state index contributed by atoms with van der Waals surface area (Å²) in [4.78, 5) is 23.8. The minimum atomic E-state index is -0.826. The van der Waals surface area contributed by atoms with Gasteiger partial charge in [0.2, 0.25) is 0 Å². The van der Waals surface area contributed by atoms with Crippen LogP contribution in [0.2, 0.25) is 0 Å². The summed E-state index contributed by atoms with van der Waals surface area (Å²) in [5.41, 5.74) is 0.981. The molecule has 2 N–H and O–H groups in total. The fourth-order valence-electron chi connectivity index (χ4n) is 2.27. The van der Waals surface area contributed by atoms with Crippen LogP contribution in [-0.2, 0) is 9.53 Å². The minimum absolute atomic E-state index is 0.0925. The normalized spacial score (nSPS) is 14.9. The number of carbonyl (C=O) groups excluding carboxylic acids is 2. The highest BCUT2D eigenvalue weighted by Crippen LogP contribution is 2.16. The minimum Gasteiger partial charge on any atom is -0.459 e. The lowest BCUT2D eigenvalue weighted by molar-refractivity contribution is -0.114. The second kappa shape index (κ2) is 7.87. The monoisotopic (exact) mass is 320 g/mol. The molecule has 124 valence electrons. The van der Waals surface area contributed by atoms with E-state index in [4.69, 9.17) is 4.74 Å². The van der Waals surface area contributed by atoms with Gasteiger partial charge in [0.25, 0.3) is 5.91 Å². The lowest BCUT2D eigenvalue weighted by atomic mass is 10.1. The Kier molecular flexibility index (Phi) is 5.87. The summed E-state index contributed by atoms with van der Waals surface area (Å²) in [6.07, 6.45) is 1.48. The summed E-state index contributed by atoms with van der Waals surface area (Å²) in [6, 6.07) is 6.31. The summed E-state index contributed by atoms with van der Waals surface area (Å²) in [5, 5.41) is 5.63. The molecule has 0 aromatic heterocycles. The number of rotatable bonds is 4. The molecule has 6 heteroatoms. The van der Waals surface area contributed by atoms with E-state index in [2.05, 4.69) is 10.6 Å². The van der Waals surface area contributed by atoms with E-state index < -0.39 is 17.7 Å². The fourth-order valence-corrected chi connectivity index (χ4v) is 2.27. The summed E-state index contributed by atoms with van der Waals surface area (Å²) >= 11 is 0. The van der Waals surface area contributed by atoms with Gasteiger partial charge >= 0.3 is 5.97 Å². The van der Waals surface area contributed by atoms with Crippen molar-refractivity contribution in [3.8, 4) is 0 Å². The highest BCUT2D eigenvalue weighted by atomic mass is 19.1. The van der Waals surface area contributed by atoms with E-state index in [9.17, 15) is 14.0 Å². The molecule has 1 aliphatic rings. The van der Waals surface area contributed by atoms with Gasteiger partial charge < -0.3 is 15.4 Å². The lowest BCUT2D eigenvalue weighted by Crippen LogP contribution is -2.33. The molecule has 1 aromatic rings. The molecule has 0 unspecified atom stereocenters. The van der Waals surface area contributed by atoms with Crippen molar-refractivity contribution in [2.24, 2.45) is 0 Å². The van der Waals surface area contributed by atoms with E-state index >= 15 is 0 Å². The van der Waals surface area contributed by atoms with Crippen molar-refractivity contribution in [1.82, 2.24) is 5.32 Å². The van der Waals surface area contributed by atoms with E-state index in [0.29, 0.717) is 16.8 Å². The Labute approximate surface area is 134 Å². The molecule has 0 atom stereocenters. The lowest BCUT2D eigenvalue weighted by Gasteiger charge is -2.22. The molecule has 0 saturated carbocycles. The first-order valence-corrected chi connectivity index (χ1v) is 7.63. The smallest absolute Gasteiger partial charge is 0.338 e. The van der Waals surface area contributed by atoms with Gasteiger partial charge in [-0.05, 0) is 63.6 Å². The van der Waals surface area contributed by atoms with Crippen molar-refractivity contribution < 1.29 is 18.7 Å². The summed E-state index contributed by atoms with van der Waals surface area (Å²) in [6.45, 7) is 4.69. The molecule has 0 radical (unpaired) electrons. The fraction of sp³-hybridized carbons (Fsp3) is 0.412. The van der Waals surface area contributed by atoms with E-state index in [1.165, 1.54) is 19.9 Å². The number of ether oxygens (including phenoxy) is 1. The molecule has 1 aromatic carbocycles. The predicted molar refractivity (Wildman–Crippen MR) is 85.9 cm³/mol. The number of carbonyl (C=O) groups is 2. The number of anilines is 1. The molecule has 1 fully saturated rings. The largest absolute Gasteiger partial charge is 0.459 e. The Bertz CT molecular complexity index is 618. The Hall–Kier alpha value is -2.21. The van der Waals surface area contributed by atoms with Crippen LogP contribution >= 0.6 is 0 Å². The summed E-state index contributed by atoms with van der Waals surface area (Å²) < 4.78 is 19.0. The van der Waals surface area contributed by atoms with Gasteiger partial charge in [0.05, 0.1) is 5.56 Å². The second-order valence-electron chi connectivity index (χ2n) is 5.70. The Morgan fingerprint density at radius 1 is 1.26 bits per heavy atom. The zero-order valence-electron chi connectivity index (χ0n) is 13.3. The third kappa shape index (κ3) is 4.89. The highest BCUT2D eigenvalue weighted by molar-refractivity contribution is 6.03. The van der Waals surface area contributed by atoms with Crippen LogP contribution in [0.25, 0.3) is 0 Å². The first-order valence-electron chi connectivity index (χ1n) is 7.63. The van der Waals surface area contributed by atoms with E-state index in [0.717, 1.165) is 25.9 Å². The van der Waals surface area contributed by atoms with Crippen molar-refractivity contribution in [2.45, 2.75) is 32.8 Å². The maximum atomic E-state index is 13.5. The first-order chi connectivity index (χ1) is 11.0. The van der Waals surface area contributed by atoms with Crippen LogP contribution in [0.15, 0.2) is 35.7 Å². The quantitative estimate of drug-likeness (QED) is 0.661. The molecule has 1 heterocycles. The molecule has 0 bridgehead atoms. The van der Waals surface area contributed by atoms with Crippen molar-refractivity contribution in [3.63, 3.8) is 0 Å². The van der Waals surface area contributed by atoms with Crippen molar-refractivity contribution in [2.75, 3.05) is 18.4 Å². The average Bonchev–Trinajstić information content (AvgIpc) is 2.55. The van der Waals surface area contributed by atoms with Gasteiger partial charge in [-0.3, -0.25) is 4.79 Å². The molecule has 0 spiro atoms. The van der Waals surface area contributed by atoms with E-state index in [1.807, 2.05) is 0 Å². The Balaban J connectivity index is 2.02. The van der Waals surface area contributed by atoms with E-state index in [-0.39, 0.29) is 6.10 Å². The summed E-state index contributed by atoms with van der Waals surface area (Å²) in [7, 11) is 0. The van der Waals surface area contributed by atoms with Crippen LogP contribution in [0.5, 0.6) is 0 Å². The number of piperidine rings is 1. The predicted octanol–water partition coefficient (Wildman–Crippen LogP) is 2.80. The average molecular weight is 320 g/mol. The highest BCUT2D eigenvalue weighted by Gasteiger charge is 2.19. The number of allylic oxidation sites excluding steroid dienone is 1. The molecule has 23 heavy (non-hydrogen) atoms. The molecular weight excluding hydrogens is 299 g/mol. The molecule has 2 rings (SSSR count). The molecule has 1 saturated heterocycles. The second-order valence-corrected chi connectivity index (χ2v) is 5.70. The summed E-state index contributed by atoms with van der Waals surface area (Å²) in [5.74, 6) is -2.09. The van der Waals surface area contributed by atoms with Gasteiger partial charge in [-0.1, -0.05) is 6.07 Å². The SMILES string of the molecule is CC(C)=C(F)C(=O)Nc1cccc(C(=O)OC2CCNCC2)c1. The molecule has 5 nitrogen and oxygen atoms in total. The van der Waals surface area contributed by atoms with Crippen molar-refractivity contribution in [1.29, 1.82) is 0 Å². The van der Waals surface area contributed by atoms with Gasteiger partial charge in [0.15, 0.2) is 5.83 Å². The topological polar surface area (TPSA) is 67.4 Å². The third-order valence-corrected chi connectivity index (χ3v) is 3.55.